The van der Waals surface area contributed by atoms with Gasteiger partial charge in [-0.05, 0) is 20.4 Å². The molecule has 1 aliphatic heterocycles. The smallest absolute Gasteiger partial charge is 0.325 e. The van der Waals surface area contributed by atoms with Gasteiger partial charge in [-0.2, -0.15) is 11.8 Å². The van der Waals surface area contributed by atoms with Crippen LogP contribution in [0.3, 0.4) is 0 Å². The molecule has 1 aliphatic rings. The minimum Gasteiger partial charge on any atom is -0.468 e. The van der Waals surface area contributed by atoms with Crippen molar-refractivity contribution in [2.75, 3.05) is 27.4 Å². The predicted octanol–water partition coefficient (Wildman–Crippen LogP) is 1.05. The van der Waals surface area contributed by atoms with Crippen LogP contribution in [0.2, 0.25) is 0 Å². The van der Waals surface area contributed by atoms with Gasteiger partial charge in [0.1, 0.15) is 5.54 Å². The van der Waals surface area contributed by atoms with Gasteiger partial charge in [-0.25, -0.2) is 0 Å². The molecule has 1 heterocycles. The van der Waals surface area contributed by atoms with Crippen LogP contribution >= 0.6 is 11.8 Å². The van der Waals surface area contributed by atoms with Crippen molar-refractivity contribution in [3.63, 3.8) is 0 Å². The lowest BCUT2D eigenvalue weighted by molar-refractivity contribution is -0.147. The molecule has 94 valence electrons. The second-order valence-corrected chi connectivity index (χ2v) is 6.13. The van der Waals surface area contributed by atoms with E-state index in [9.17, 15) is 4.79 Å². The molecule has 1 fully saturated rings. The first kappa shape index (κ1) is 13.8. The van der Waals surface area contributed by atoms with E-state index in [1.165, 1.54) is 7.11 Å². The number of hydrogen-bond donors (Lipinski definition) is 1. The van der Waals surface area contributed by atoms with Crippen LogP contribution in [0.4, 0.5) is 0 Å². The van der Waals surface area contributed by atoms with Crippen LogP contribution in [0.5, 0.6) is 0 Å². The monoisotopic (exact) mass is 247 g/mol. The van der Waals surface area contributed by atoms with Crippen LogP contribution in [0.1, 0.15) is 20.3 Å². The number of nitrogens with one attached hydrogen (secondary N) is 1. The Morgan fingerprint density at radius 1 is 1.69 bits per heavy atom. The molecule has 0 saturated carbocycles. The van der Waals surface area contributed by atoms with E-state index >= 15 is 0 Å². The molecule has 1 rings (SSSR count). The predicted molar refractivity (Wildman–Crippen MR) is 65.8 cm³/mol. The molecule has 0 spiro atoms. The SMILES string of the molecule is CNC(C)(CC(C)SC1COC1)C(=O)OC. The van der Waals surface area contributed by atoms with Gasteiger partial charge in [-0.1, -0.05) is 6.92 Å². The van der Waals surface area contributed by atoms with Crippen LogP contribution < -0.4 is 5.32 Å². The topological polar surface area (TPSA) is 47.6 Å². The Hall–Kier alpha value is -0.260. The Bertz CT molecular complexity index is 245. The van der Waals surface area contributed by atoms with Crippen molar-refractivity contribution in [3.8, 4) is 0 Å². The minimum absolute atomic E-state index is 0.202. The maximum atomic E-state index is 11.7. The summed E-state index contributed by atoms with van der Waals surface area (Å²) in [4.78, 5) is 11.7. The van der Waals surface area contributed by atoms with Crippen LogP contribution in [-0.2, 0) is 14.3 Å². The standard InChI is InChI=1S/C11H21NO3S/c1-8(16-9-6-15-7-9)5-11(2,12-3)10(13)14-4/h8-9,12H,5-7H2,1-4H3. The zero-order valence-electron chi connectivity index (χ0n) is 10.4. The third-order valence-electron chi connectivity index (χ3n) is 2.92. The van der Waals surface area contributed by atoms with Crippen molar-refractivity contribution < 1.29 is 14.3 Å². The van der Waals surface area contributed by atoms with E-state index < -0.39 is 5.54 Å². The summed E-state index contributed by atoms with van der Waals surface area (Å²) in [6.45, 7) is 5.70. The summed E-state index contributed by atoms with van der Waals surface area (Å²) in [6, 6.07) is 0. The minimum atomic E-state index is -0.591. The van der Waals surface area contributed by atoms with Gasteiger partial charge in [-0.3, -0.25) is 4.79 Å². The molecule has 1 N–H and O–H groups in total. The fraction of sp³-hybridized carbons (Fsp3) is 0.909. The van der Waals surface area contributed by atoms with Crippen molar-refractivity contribution in [1.82, 2.24) is 5.32 Å². The molecule has 16 heavy (non-hydrogen) atoms. The van der Waals surface area contributed by atoms with E-state index in [1.54, 1.807) is 7.05 Å². The highest BCUT2D eigenvalue weighted by molar-refractivity contribution is 8.00. The molecular formula is C11H21NO3S. The first-order valence-electron chi connectivity index (χ1n) is 5.52. The normalized spacial score (nSPS) is 22.0. The summed E-state index contributed by atoms with van der Waals surface area (Å²) in [7, 11) is 3.22. The second kappa shape index (κ2) is 5.89. The van der Waals surface area contributed by atoms with Crippen LogP contribution in [0, 0.1) is 0 Å². The number of rotatable bonds is 6. The van der Waals surface area contributed by atoms with Gasteiger partial charge < -0.3 is 14.8 Å². The van der Waals surface area contributed by atoms with E-state index in [1.807, 2.05) is 18.7 Å². The first-order valence-corrected chi connectivity index (χ1v) is 6.46. The van der Waals surface area contributed by atoms with E-state index in [4.69, 9.17) is 9.47 Å². The first-order chi connectivity index (χ1) is 7.51. The third-order valence-corrected chi connectivity index (χ3v) is 4.20. The highest BCUT2D eigenvalue weighted by Gasteiger charge is 2.35. The van der Waals surface area contributed by atoms with Gasteiger partial charge in [-0.15, -0.1) is 0 Å². The number of esters is 1. The summed E-state index contributed by atoms with van der Waals surface area (Å²) in [5.74, 6) is -0.202. The Morgan fingerprint density at radius 2 is 2.31 bits per heavy atom. The van der Waals surface area contributed by atoms with Gasteiger partial charge in [0.25, 0.3) is 0 Å². The summed E-state index contributed by atoms with van der Waals surface area (Å²) >= 11 is 1.88. The largest absolute Gasteiger partial charge is 0.468 e. The van der Waals surface area contributed by atoms with Gasteiger partial charge in [0.15, 0.2) is 0 Å². The lowest BCUT2D eigenvalue weighted by atomic mass is 9.96. The molecule has 0 bridgehead atoms. The zero-order valence-corrected chi connectivity index (χ0v) is 11.2. The molecule has 4 nitrogen and oxygen atoms in total. The molecule has 0 amide bonds. The molecule has 5 heteroatoms. The average Bonchev–Trinajstić information content (AvgIpc) is 2.22. The number of methoxy groups -OCH3 is 1. The van der Waals surface area contributed by atoms with Gasteiger partial charge in [0, 0.05) is 5.25 Å². The summed E-state index contributed by atoms with van der Waals surface area (Å²) in [5.41, 5.74) is -0.591. The molecule has 0 aromatic rings. The van der Waals surface area contributed by atoms with Crippen molar-refractivity contribution in [2.45, 2.75) is 36.3 Å². The Kier molecular flexibility index (Phi) is 5.08. The summed E-state index contributed by atoms with van der Waals surface area (Å²) < 4.78 is 9.95. The van der Waals surface area contributed by atoms with Crippen LogP contribution in [-0.4, -0.2) is 49.4 Å². The number of carbonyl (C=O) groups is 1. The van der Waals surface area contributed by atoms with Gasteiger partial charge in [0.05, 0.1) is 25.6 Å². The molecule has 2 atom stereocenters. The Morgan fingerprint density at radius 3 is 2.69 bits per heavy atom. The second-order valence-electron chi connectivity index (χ2n) is 4.38. The van der Waals surface area contributed by atoms with Crippen molar-refractivity contribution >= 4 is 17.7 Å². The number of likely N-dealkylation sites (N-methyl/N-ethyl adjacent to an activating group) is 1. The van der Waals surface area contributed by atoms with E-state index in [0.29, 0.717) is 10.5 Å². The molecule has 0 radical (unpaired) electrons. The summed E-state index contributed by atoms with van der Waals surface area (Å²) in [6.07, 6.45) is 0.761. The summed E-state index contributed by atoms with van der Waals surface area (Å²) in [5, 5.41) is 4.05. The lowest BCUT2D eigenvalue weighted by Crippen LogP contribution is -2.50. The van der Waals surface area contributed by atoms with Crippen molar-refractivity contribution in [1.29, 1.82) is 0 Å². The number of ether oxygens (including phenoxy) is 2. The quantitative estimate of drug-likeness (QED) is 0.711. The van der Waals surface area contributed by atoms with Gasteiger partial charge in [0.2, 0.25) is 0 Å². The number of carbonyl (C=O) groups excluding carboxylic acids is 1. The lowest BCUT2D eigenvalue weighted by Gasteiger charge is -2.32. The fourth-order valence-corrected chi connectivity index (χ4v) is 3.19. The van der Waals surface area contributed by atoms with E-state index in [0.717, 1.165) is 19.6 Å². The van der Waals surface area contributed by atoms with E-state index in [-0.39, 0.29) is 5.97 Å². The highest BCUT2D eigenvalue weighted by atomic mass is 32.2. The molecule has 0 aliphatic carbocycles. The molecule has 1 saturated heterocycles. The molecular weight excluding hydrogens is 226 g/mol. The van der Waals surface area contributed by atoms with E-state index in [2.05, 4.69) is 12.2 Å². The van der Waals surface area contributed by atoms with Crippen molar-refractivity contribution in [3.05, 3.63) is 0 Å². The Labute approximate surface area is 101 Å². The highest BCUT2D eigenvalue weighted by Crippen LogP contribution is 2.29. The maximum absolute atomic E-state index is 11.7. The Balaban J connectivity index is 2.44. The zero-order chi connectivity index (χ0) is 12.2. The molecule has 0 aromatic carbocycles. The average molecular weight is 247 g/mol. The third kappa shape index (κ3) is 3.37. The van der Waals surface area contributed by atoms with Crippen molar-refractivity contribution in [2.24, 2.45) is 0 Å². The fourth-order valence-electron chi connectivity index (χ4n) is 1.76. The van der Waals surface area contributed by atoms with Crippen LogP contribution in [0.15, 0.2) is 0 Å². The van der Waals surface area contributed by atoms with Gasteiger partial charge >= 0.3 is 5.97 Å². The molecule has 2 unspecified atom stereocenters. The maximum Gasteiger partial charge on any atom is 0.325 e. The van der Waals surface area contributed by atoms with Crippen LogP contribution in [0.25, 0.3) is 0 Å². The number of hydrogen-bond acceptors (Lipinski definition) is 5. The number of thioether (sulfide) groups is 1. The molecule has 0 aromatic heterocycles.